The monoisotopic (exact) mass is 361 g/mol. The molecule has 1 aromatic carbocycles. The third-order valence-electron chi connectivity index (χ3n) is 5.13. The van der Waals surface area contributed by atoms with E-state index in [1.807, 2.05) is 18.2 Å². The van der Waals surface area contributed by atoms with Gasteiger partial charge in [-0.1, -0.05) is 31.4 Å². The number of nitrogens with one attached hydrogen (secondary N) is 1. The minimum absolute atomic E-state index is 0.00182. The van der Waals surface area contributed by atoms with E-state index in [-0.39, 0.29) is 23.8 Å². The third kappa shape index (κ3) is 6.02. The number of nitrogens with zero attached hydrogens (tertiary/aromatic N) is 1. The zero-order valence-corrected chi connectivity index (χ0v) is 15.9. The van der Waals surface area contributed by atoms with Gasteiger partial charge in [0.1, 0.15) is 5.75 Å². The zero-order chi connectivity index (χ0) is 19.0. The van der Waals surface area contributed by atoms with E-state index in [1.165, 1.54) is 11.3 Å². The van der Waals surface area contributed by atoms with Crippen LogP contribution < -0.4 is 15.8 Å². The number of carbonyl (C=O) groups excluding carboxylic acids is 2. The molecule has 0 atom stereocenters. The highest BCUT2D eigenvalue weighted by Gasteiger charge is 2.32. The summed E-state index contributed by atoms with van der Waals surface area (Å²) in [6, 6.07) is 7.45. The summed E-state index contributed by atoms with van der Waals surface area (Å²) in [6.45, 7) is 1.02. The molecule has 3 N–H and O–H groups in total. The Morgan fingerprint density at radius 1 is 1.23 bits per heavy atom. The fourth-order valence-electron chi connectivity index (χ4n) is 3.38. The van der Waals surface area contributed by atoms with Crippen LogP contribution in [0.1, 0.15) is 44.1 Å². The first-order valence-electron chi connectivity index (χ1n) is 9.33. The number of nitrogens with two attached hydrogens (primary N) is 1. The smallest absolute Gasteiger partial charge is 0.259 e. The van der Waals surface area contributed by atoms with Crippen molar-refractivity contribution in [2.24, 2.45) is 11.1 Å². The van der Waals surface area contributed by atoms with Crippen LogP contribution in [0.25, 0.3) is 0 Å². The van der Waals surface area contributed by atoms with Crippen LogP contribution in [-0.4, -0.2) is 44.0 Å². The Labute approximate surface area is 156 Å². The number of amides is 2. The van der Waals surface area contributed by atoms with E-state index < -0.39 is 0 Å². The second-order valence-electron chi connectivity index (χ2n) is 7.44. The molecule has 0 bridgehead atoms. The Kier molecular flexibility index (Phi) is 7.45. The van der Waals surface area contributed by atoms with Gasteiger partial charge in [-0.15, -0.1) is 0 Å². The van der Waals surface area contributed by atoms with E-state index in [2.05, 4.69) is 5.32 Å². The molecule has 2 rings (SSSR count). The average Bonchev–Trinajstić information content (AvgIpc) is 2.65. The second-order valence-corrected chi connectivity index (χ2v) is 7.44. The predicted octanol–water partition coefficient (Wildman–Crippen LogP) is 2.07. The van der Waals surface area contributed by atoms with Gasteiger partial charge in [-0.2, -0.15) is 0 Å². The van der Waals surface area contributed by atoms with Gasteiger partial charge in [-0.25, -0.2) is 0 Å². The van der Waals surface area contributed by atoms with E-state index in [9.17, 15) is 9.59 Å². The fourth-order valence-corrected chi connectivity index (χ4v) is 3.38. The molecular formula is C20H31N3O3. The molecule has 0 unspecified atom stereocenters. The van der Waals surface area contributed by atoms with Crippen molar-refractivity contribution in [3.05, 3.63) is 29.8 Å². The van der Waals surface area contributed by atoms with E-state index in [4.69, 9.17) is 10.5 Å². The predicted molar refractivity (Wildman–Crippen MR) is 102 cm³/mol. The normalized spacial score (nSPS) is 16.0. The lowest BCUT2D eigenvalue weighted by molar-refractivity contribution is -0.130. The molecule has 1 saturated carbocycles. The van der Waals surface area contributed by atoms with Gasteiger partial charge in [0.2, 0.25) is 5.91 Å². The largest absolute Gasteiger partial charge is 0.484 e. The number of carbonyl (C=O) groups is 2. The topological polar surface area (TPSA) is 84.7 Å². The average molecular weight is 361 g/mol. The minimum Gasteiger partial charge on any atom is -0.484 e. The van der Waals surface area contributed by atoms with Crippen LogP contribution in [0.15, 0.2) is 24.3 Å². The maximum absolute atomic E-state index is 12.4. The lowest BCUT2D eigenvalue weighted by atomic mass is 9.71. The van der Waals surface area contributed by atoms with E-state index >= 15 is 0 Å². The van der Waals surface area contributed by atoms with Crippen LogP contribution in [0.2, 0.25) is 0 Å². The molecule has 0 saturated heterocycles. The van der Waals surface area contributed by atoms with Gasteiger partial charge < -0.3 is 20.7 Å². The van der Waals surface area contributed by atoms with Crippen molar-refractivity contribution in [1.29, 1.82) is 0 Å². The molecule has 0 spiro atoms. The van der Waals surface area contributed by atoms with E-state index in [0.29, 0.717) is 25.3 Å². The van der Waals surface area contributed by atoms with Gasteiger partial charge in [0, 0.05) is 27.1 Å². The molecule has 6 nitrogen and oxygen atoms in total. The molecule has 1 aliphatic carbocycles. The Hall–Kier alpha value is -2.08. The number of hydrogen-bond acceptors (Lipinski definition) is 4. The molecule has 1 aromatic rings. The molecule has 1 aliphatic rings. The third-order valence-corrected chi connectivity index (χ3v) is 5.13. The van der Waals surface area contributed by atoms with Crippen LogP contribution in [0.3, 0.4) is 0 Å². The molecule has 144 valence electrons. The summed E-state index contributed by atoms with van der Waals surface area (Å²) in [4.78, 5) is 25.5. The number of benzene rings is 1. The summed E-state index contributed by atoms with van der Waals surface area (Å²) in [5.41, 5.74) is 6.88. The van der Waals surface area contributed by atoms with Crippen LogP contribution in [0, 0.1) is 5.41 Å². The first kappa shape index (κ1) is 20.2. The number of rotatable bonds is 8. The van der Waals surface area contributed by atoms with Crippen molar-refractivity contribution >= 4 is 11.8 Å². The Balaban J connectivity index is 1.84. The molecule has 0 aromatic heterocycles. The van der Waals surface area contributed by atoms with Gasteiger partial charge in [-0.05, 0) is 42.5 Å². The first-order valence-corrected chi connectivity index (χ1v) is 9.33. The summed E-state index contributed by atoms with van der Waals surface area (Å²) in [5.74, 6) is 0.576. The molecule has 0 radical (unpaired) electrons. The maximum Gasteiger partial charge on any atom is 0.259 e. The standard InChI is InChI=1S/C20H31N3O3/c1-23(2)19(25)14-26-17-8-6-7-16(11-17)13-22-18(24)12-20(15-21)9-4-3-5-10-20/h6-8,11H,3-5,9-10,12-15,21H2,1-2H3,(H,22,24). The number of hydrogen-bond donors (Lipinski definition) is 2. The first-order chi connectivity index (χ1) is 12.4. The van der Waals surface area contributed by atoms with Crippen molar-refractivity contribution in [2.45, 2.75) is 45.1 Å². The fraction of sp³-hybridized carbons (Fsp3) is 0.600. The van der Waals surface area contributed by atoms with Gasteiger partial charge >= 0.3 is 0 Å². The van der Waals surface area contributed by atoms with Gasteiger partial charge in [-0.3, -0.25) is 9.59 Å². The van der Waals surface area contributed by atoms with E-state index in [0.717, 1.165) is 31.2 Å². The molecule has 0 heterocycles. The van der Waals surface area contributed by atoms with Crippen molar-refractivity contribution in [2.75, 3.05) is 27.2 Å². The summed E-state index contributed by atoms with van der Waals surface area (Å²) >= 11 is 0. The summed E-state index contributed by atoms with van der Waals surface area (Å²) in [7, 11) is 3.39. The van der Waals surface area contributed by atoms with Crippen molar-refractivity contribution in [3.63, 3.8) is 0 Å². The summed E-state index contributed by atoms with van der Waals surface area (Å²) < 4.78 is 5.51. The Bertz CT molecular complexity index is 610. The molecule has 1 fully saturated rings. The highest BCUT2D eigenvalue weighted by molar-refractivity contribution is 5.77. The van der Waals surface area contributed by atoms with Crippen molar-refractivity contribution in [3.8, 4) is 5.75 Å². The molecule has 2 amide bonds. The van der Waals surface area contributed by atoms with E-state index in [1.54, 1.807) is 20.2 Å². The zero-order valence-electron chi connectivity index (χ0n) is 15.9. The Morgan fingerprint density at radius 2 is 1.96 bits per heavy atom. The second kappa shape index (κ2) is 9.57. The summed E-state index contributed by atoms with van der Waals surface area (Å²) in [5, 5.41) is 2.99. The molecular weight excluding hydrogens is 330 g/mol. The molecule has 0 aliphatic heterocycles. The van der Waals surface area contributed by atoms with Crippen molar-refractivity contribution < 1.29 is 14.3 Å². The lowest BCUT2D eigenvalue weighted by Gasteiger charge is -2.35. The molecule has 6 heteroatoms. The lowest BCUT2D eigenvalue weighted by Crippen LogP contribution is -2.38. The highest BCUT2D eigenvalue weighted by atomic mass is 16.5. The number of ether oxygens (including phenoxy) is 1. The van der Waals surface area contributed by atoms with Crippen LogP contribution in [0.5, 0.6) is 5.75 Å². The highest BCUT2D eigenvalue weighted by Crippen LogP contribution is 2.38. The number of likely N-dealkylation sites (N-methyl/N-ethyl adjacent to an activating group) is 1. The Morgan fingerprint density at radius 3 is 2.62 bits per heavy atom. The van der Waals surface area contributed by atoms with Crippen molar-refractivity contribution in [1.82, 2.24) is 10.2 Å². The van der Waals surface area contributed by atoms with Crippen LogP contribution >= 0.6 is 0 Å². The quantitative estimate of drug-likeness (QED) is 0.742. The van der Waals surface area contributed by atoms with Crippen LogP contribution in [0.4, 0.5) is 0 Å². The minimum atomic E-state index is -0.0942. The van der Waals surface area contributed by atoms with Gasteiger partial charge in [0.05, 0.1) is 0 Å². The van der Waals surface area contributed by atoms with Gasteiger partial charge in [0.25, 0.3) is 5.91 Å². The maximum atomic E-state index is 12.4. The molecule has 26 heavy (non-hydrogen) atoms. The SMILES string of the molecule is CN(C)C(=O)COc1cccc(CNC(=O)CC2(CN)CCCCC2)c1. The van der Waals surface area contributed by atoms with Gasteiger partial charge in [0.15, 0.2) is 6.61 Å². The summed E-state index contributed by atoms with van der Waals surface area (Å²) in [6.07, 6.45) is 6.15. The van der Waals surface area contributed by atoms with Crippen LogP contribution in [-0.2, 0) is 16.1 Å².